The number of pyridine rings is 1. The summed E-state index contributed by atoms with van der Waals surface area (Å²) < 4.78 is 53.4. The van der Waals surface area contributed by atoms with E-state index < -0.39 is 29.5 Å². The standard InChI is InChI=1S/C20H20F4N6O/c1-10(2)27-8-15(11-3-4-14(21)13(7-11)20(22,23)24)30-19-17-16(28-9-29-19)12(18(25)31)5-6-26-17/h3-7,9-10,15,27H,8H2,1-2H3,(H2,25,31)(H,28,29,30). The highest BCUT2D eigenvalue weighted by Crippen LogP contribution is 2.34. The predicted octanol–water partition coefficient (Wildman–Crippen LogP) is 3.43. The Morgan fingerprint density at radius 2 is 1.87 bits per heavy atom. The number of amides is 1. The van der Waals surface area contributed by atoms with E-state index in [-0.39, 0.29) is 40.6 Å². The van der Waals surface area contributed by atoms with Gasteiger partial charge in [-0.15, -0.1) is 0 Å². The van der Waals surface area contributed by atoms with Crippen LogP contribution in [0.4, 0.5) is 23.4 Å². The van der Waals surface area contributed by atoms with Crippen LogP contribution in [0.3, 0.4) is 0 Å². The topological polar surface area (TPSA) is 106 Å². The molecule has 2 aromatic heterocycles. The average molecular weight is 436 g/mol. The number of carbonyl (C=O) groups is 1. The van der Waals surface area contributed by atoms with Gasteiger partial charge in [0.25, 0.3) is 5.91 Å². The number of fused-ring (bicyclic) bond motifs is 1. The van der Waals surface area contributed by atoms with Gasteiger partial charge >= 0.3 is 6.18 Å². The lowest BCUT2D eigenvalue weighted by atomic mass is 10.0. The van der Waals surface area contributed by atoms with Crippen molar-refractivity contribution in [3.05, 3.63) is 59.3 Å². The summed E-state index contributed by atoms with van der Waals surface area (Å²) in [4.78, 5) is 24.0. The summed E-state index contributed by atoms with van der Waals surface area (Å²) in [5.74, 6) is -1.86. The lowest BCUT2D eigenvalue weighted by molar-refractivity contribution is -0.140. The first-order valence-corrected chi connectivity index (χ1v) is 9.34. The minimum atomic E-state index is -4.84. The number of hydrogen-bond donors (Lipinski definition) is 3. The number of carbonyl (C=O) groups excluding carboxylic acids is 1. The summed E-state index contributed by atoms with van der Waals surface area (Å²) in [5, 5.41) is 6.18. The van der Waals surface area contributed by atoms with Gasteiger partial charge in [-0.2, -0.15) is 13.2 Å². The molecule has 1 aromatic carbocycles. The fourth-order valence-electron chi connectivity index (χ4n) is 3.02. The predicted molar refractivity (Wildman–Crippen MR) is 107 cm³/mol. The Morgan fingerprint density at radius 3 is 2.52 bits per heavy atom. The highest BCUT2D eigenvalue weighted by molar-refractivity contribution is 6.05. The first-order chi connectivity index (χ1) is 14.6. The molecule has 0 aliphatic heterocycles. The maximum atomic E-state index is 13.8. The molecule has 0 aliphatic rings. The van der Waals surface area contributed by atoms with Crippen molar-refractivity contribution in [2.24, 2.45) is 5.73 Å². The summed E-state index contributed by atoms with van der Waals surface area (Å²) in [6.07, 6.45) is -2.29. The smallest absolute Gasteiger partial charge is 0.366 e. The van der Waals surface area contributed by atoms with Crippen molar-refractivity contribution in [3.8, 4) is 0 Å². The lowest BCUT2D eigenvalue weighted by Gasteiger charge is -2.23. The second-order valence-corrected chi connectivity index (χ2v) is 7.14. The van der Waals surface area contributed by atoms with Crippen molar-refractivity contribution in [2.75, 3.05) is 11.9 Å². The minimum Gasteiger partial charge on any atom is -0.366 e. The van der Waals surface area contributed by atoms with Crippen molar-refractivity contribution in [1.29, 1.82) is 0 Å². The van der Waals surface area contributed by atoms with Crippen LogP contribution in [0.2, 0.25) is 0 Å². The Bertz CT molecular complexity index is 1100. The highest BCUT2D eigenvalue weighted by atomic mass is 19.4. The molecule has 0 aliphatic carbocycles. The number of benzene rings is 1. The third kappa shape index (κ3) is 5.05. The van der Waals surface area contributed by atoms with Gasteiger partial charge < -0.3 is 16.4 Å². The maximum Gasteiger partial charge on any atom is 0.419 e. The number of halogens is 4. The van der Waals surface area contributed by atoms with E-state index in [1.807, 2.05) is 13.8 Å². The van der Waals surface area contributed by atoms with Crippen molar-refractivity contribution >= 4 is 22.8 Å². The van der Waals surface area contributed by atoms with Crippen LogP contribution in [0.1, 0.15) is 41.4 Å². The van der Waals surface area contributed by atoms with Crippen LogP contribution in [-0.2, 0) is 6.18 Å². The zero-order chi connectivity index (χ0) is 22.8. The van der Waals surface area contributed by atoms with Gasteiger partial charge in [0.05, 0.1) is 17.2 Å². The maximum absolute atomic E-state index is 13.8. The Kier molecular flexibility index (Phi) is 6.34. The van der Waals surface area contributed by atoms with E-state index >= 15 is 0 Å². The molecule has 1 atom stereocenters. The SMILES string of the molecule is CC(C)NCC(Nc1ncnc2c(C(N)=O)ccnc12)c1ccc(F)c(C(F)(F)F)c1. The van der Waals surface area contributed by atoms with Crippen molar-refractivity contribution in [3.63, 3.8) is 0 Å². The summed E-state index contributed by atoms with van der Waals surface area (Å²) in [6.45, 7) is 3.97. The molecule has 1 amide bonds. The second-order valence-electron chi connectivity index (χ2n) is 7.14. The van der Waals surface area contributed by atoms with E-state index in [2.05, 4.69) is 25.6 Å². The molecule has 0 radical (unpaired) electrons. The van der Waals surface area contributed by atoms with Gasteiger partial charge in [0.15, 0.2) is 5.82 Å². The third-order valence-corrected chi connectivity index (χ3v) is 4.53. The van der Waals surface area contributed by atoms with Gasteiger partial charge in [0.2, 0.25) is 0 Å². The zero-order valence-corrected chi connectivity index (χ0v) is 16.7. The molecule has 2 heterocycles. The number of nitrogens with one attached hydrogen (secondary N) is 2. The van der Waals surface area contributed by atoms with Gasteiger partial charge in [-0.3, -0.25) is 9.78 Å². The van der Waals surface area contributed by atoms with Gasteiger partial charge in [0, 0.05) is 18.8 Å². The quantitative estimate of drug-likeness (QED) is 0.490. The highest BCUT2D eigenvalue weighted by Gasteiger charge is 2.35. The number of anilines is 1. The number of alkyl halides is 3. The van der Waals surface area contributed by atoms with E-state index in [9.17, 15) is 22.4 Å². The molecular weight excluding hydrogens is 416 g/mol. The van der Waals surface area contributed by atoms with E-state index in [4.69, 9.17) is 5.73 Å². The minimum absolute atomic E-state index is 0.0357. The number of rotatable bonds is 7. The van der Waals surface area contributed by atoms with Crippen molar-refractivity contribution < 1.29 is 22.4 Å². The first-order valence-electron chi connectivity index (χ1n) is 9.34. The molecule has 3 rings (SSSR count). The van der Waals surface area contributed by atoms with E-state index in [1.165, 1.54) is 24.7 Å². The van der Waals surface area contributed by atoms with E-state index in [1.54, 1.807) is 0 Å². The molecule has 0 bridgehead atoms. The van der Waals surface area contributed by atoms with Crippen LogP contribution in [0.25, 0.3) is 11.0 Å². The van der Waals surface area contributed by atoms with E-state index in [0.29, 0.717) is 0 Å². The zero-order valence-electron chi connectivity index (χ0n) is 16.7. The normalized spacial score (nSPS) is 12.9. The van der Waals surface area contributed by atoms with Crippen LogP contribution in [0.5, 0.6) is 0 Å². The molecule has 31 heavy (non-hydrogen) atoms. The molecule has 1 unspecified atom stereocenters. The monoisotopic (exact) mass is 436 g/mol. The van der Waals surface area contributed by atoms with Gasteiger partial charge in [-0.05, 0) is 23.8 Å². The molecule has 3 aromatic rings. The van der Waals surface area contributed by atoms with Gasteiger partial charge in [-0.1, -0.05) is 19.9 Å². The van der Waals surface area contributed by atoms with Crippen LogP contribution >= 0.6 is 0 Å². The second kappa shape index (κ2) is 8.80. The molecule has 0 spiro atoms. The molecule has 7 nitrogen and oxygen atoms in total. The number of primary amides is 1. The Morgan fingerprint density at radius 1 is 1.13 bits per heavy atom. The fourth-order valence-corrected chi connectivity index (χ4v) is 3.02. The Balaban J connectivity index is 2.06. The molecular formula is C20H20F4N6O. The molecule has 0 saturated heterocycles. The first kappa shape index (κ1) is 22.3. The third-order valence-electron chi connectivity index (χ3n) is 4.53. The van der Waals surface area contributed by atoms with Gasteiger partial charge in [-0.25, -0.2) is 14.4 Å². The number of nitrogens with two attached hydrogens (primary N) is 1. The molecule has 11 heteroatoms. The van der Waals surface area contributed by atoms with Crippen LogP contribution in [-0.4, -0.2) is 33.4 Å². The summed E-state index contributed by atoms with van der Waals surface area (Å²) in [7, 11) is 0. The fraction of sp³-hybridized carbons (Fsp3) is 0.300. The molecule has 0 fully saturated rings. The Labute approximate surface area is 175 Å². The summed E-state index contributed by atoms with van der Waals surface area (Å²) in [5.41, 5.74) is 4.78. The molecule has 0 saturated carbocycles. The number of hydrogen-bond acceptors (Lipinski definition) is 6. The molecule has 164 valence electrons. The number of aromatic nitrogens is 3. The van der Waals surface area contributed by atoms with E-state index in [0.717, 1.165) is 12.1 Å². The average Bonchev–Trinajstić information content (AvgIpc) is 2.70. The largest absolute Gasteiger partial charge is 0.419 e. The summed E-state index contributed by atoms with van der Waals surface area (Å²) in [6, 6.07) is 3.55. The lowest BCUT2D eigenvalue weighted by Crippen LogP contribution is -2.31. The van der Waals surface area contributed by atoms with Crippen molar-refractivity contribution in [2.45, 2.75) is 32.1 Å². The van der Waals surface area contributed by atoms with Crippen LogP contribution < -0.4 is 16.4 Å². The van der Waals surface area contributed by atoms with Crippen LogP contribution in [0, 0.1) is 5.82 Å². The summed E-state index contributed by atoms with van der Waals surface area (Å²) >= 11 is 0. The Hall–Kier alpha value is -3.34. The molecule has 4 N–H and O–H groups in total. The van der Waals surface area contributed by atoms with Gasteiger partial charge in [0.1, 0.15) is 23.2 Å². The number of nitrogens with zero attached hydrogens (tertiary/aromatic N) is 3. The van der Waals surface area contributed by atoms with Crippen LogP contribution in [0.15, 0.2) is 36.8 Å². The van der Waals surface area contributed by atoms with Crippen molar-refractivity contribution in [1.82, 2.24) is 20.3 Å².